The van der Waals surface area contributed by atoms with E-state index in [2.05, 4.69) is 52.9 Å². The van der Waals surface area contributed by atoms with E-state index in [1.807, 2.05) is 7.05 Å². The van der Waals surface area contributed by atoms with E-state index in [0.29, 0.717) is 6.04 Å². The molecule has 0 aliphatic carbocycles. The van der Waals surface area contributed by atoms with E-state index in [1.54, 1.807) is 11.3 Å². The Bertz CT molecular complexity index is 306. The summed E-state index contributed by atoms with van der Waals surface area (Å²) in [7, 11) is 2.01. The molecule has 1 N–H and O–H groups in total. The number of halogens is 1. The van der Waals surface area contributed by atoms with Gasteiger partial charge in [0.2, 0.25) is 0 Å². The molecule has 1 aromatic rings. The van der Waals surface area contributed by atoms with E-state index >= 15 is 0 Å². The van der Waals surface area contributed by atoms with Crippen molar-refractivity contribution in [2.24, 2.45) is 0 Å². The van der Waals surface area contributed by atoms with Gasteiger partial charge in [-0.3, -0.25) is 0 Å². The molecule has 14 heavy (non-hydrogen) atoms. The third-order valence-electron chi connectivity index (χ3n) is 2.33. The summed E-state index contributed by atoms with van der Waals surface area (Å²) in [6, 6.07) is 2.68. The smallest absolute Gasteiger partial charge is 0.0656 e. The highest BCUT2D eigenvalue weighted by atomic mass is 127. The highest BCUT2D eigenvalue weighted by molar-refractivity contribution is 14.1. The van der Waals surface area contributed by atoms with Crippen LogP contribution in [0.4, 0.5) is 0 Å². The molecule has 0 saturated carbocycles. The SMILES string of the molecule is C=C(CC)CC(NC)c1csc(I)c1. The Hall–Kier alpha value is 0.130. The second kappa shape index (κ2) is 5.88. The Labute approximate surface area is 104 Å². The lowest BCUT2D eigenvalue weighted by Gasteiger charge is -2.15. The molecule has 1 heterocycles. The largest absolute Gasteiger partial charge is 0.313 e. The van der Waals surface area contributed by atoms with E-state index in [9.17, 15) is 0 Å². The van der Waals surface area contributed by atoms with Gasteiger partial charge in [-0.25, -0.2) is 0 Å². The highest BCUT2D eigenvalue weighted by Gasteiger charge is 2.11. The van der Waals surface area contributed by atoms with Crippen molar-refractivity contribution < 1.29 is 0 Å². The lowest BCUT2D eigenvalue weighted by Crippen LogP contribution is -2.16. The van der Waals surface area contributed by atoms with Crippen LogP contribution in [-0.4, -0.2) is 7.05 Å². The molecule has 1 unspecified atom stereocenters. The quantitative estimate of drug-likeness (QED) is 0.639. The van der Waals surface area contributed by atoms with Gasteiger partial charge >= 0.3 is 0 Å². The number of hydrogen-bond donors (Lipinski definition) is 1. The molecule has 0 radical (unpaired) electrons. The fourth-order valence-corrected chi connectivity index (χ4v) is 2.75. The van der Waals surface area contributed by atoms with Gasteiger partial charge in [0.05, 0.1) is 2.88 Å². The van der Waals surface area contributed by atoms with Crippen LogP contribution in [0.1, 0.15) is 31.4 Å². The first-order valence-corrected chi connectivity index (χ1v) is 6.71. The van der Waals surface area contributed by atoms with Crippen LogP contribution in [-0.2, 0) is 0 Å². The van der Waals surface area contributed by atoms with Gasteiger partial charge in [-0.05, 0) is 59.5 Å². The molecule has 0 spiro atoms. The molecule has 1 atom stereocenters. The first-order valence-electron chi connectivity index (χ1n) is 4.75. The Balaban J connectivity index is 2.67. The molecule has 0 saturated heterocycles. The number of thiophene rings is 1. The second-order valence-corrected chi connectivity index (χ2v) is 6.14. The zero-order valence-corrected chi connectivity index (χ0v) is 11.6. The van der Waals surface area contributed by atoms with Crippen molar-refractivity contribution in [1.82, 2.24) is 5.32 Å². The van der Waals surface area contributed by atoms with Crippen LogP contribution >= 0.6 is 33.9 Å². The molecule has 0 aromatic carbocycles. The van der Waals surface area contributed by atoms with Crippen LogP contribution in [0, 0.1) is 2.88 Å². The standard InChI is InChI=1S/C11H16INS/c1-4-8(2)5-10(13-3)9-6-11(12)14-7-9/h6-7,10,13H,2,4-5H2,1,3H3. The monoisotopic (exact) mass is 321 g/mol. The van der Waals surface area contributed by atoms with E-state index < -0.39 is 0 Å². The Morgan fingerprint density at radius 3 is 2.86 bits per heavy atom. The molecule has 78 valence electrons. The summed E-state index contributed by atoms with van der Waals surface area (Å²) in [5, 5.41) is 5.57. The van der Waals surface area contributed by atoms with Gasteiger partial charge < -0.3 is 5.32 Å². The lowest BCUT2D eigenvalue weighted by atomic mass is 10.0. The third kappa shape index (κ3) is 3.37. The minimum absolute atomic E-state index is 0.433. The predicted molar refractivity (Wildman–Crippen MR) is 72.9 cm³/mol. The number of nitrogens with one attached hydrogen (secondary N) is 1. The van der Waals surface area contributed by atoms with Crippen molar-refractivity contribution in [3.8, 4) is 0 Å². The molecule has 1 nitrogen and oxygen atoms in total. The summed E-state index contributed by atoms with van der Waals surface area (Å²) in [5.74, 6) is 0. The van der Waals surface area contributed by atoms with Crippen molar-refractivity contribution in [2.45, 2.75) is 25.8 Å². The van der Waals surface area contributed by atoms with E-state index in [-0.39, 0.29) is 0 Å². The maximum atomic E-state index is 4.05. The fraction of sp³-hybridized carbons (Fsp3) is 0.455. The summed E-state index contributed by atoms with van der Waals surface area (Å²) >= 11 is 4.16. The topological polar surface area (TPSA) is 12.0 Å². The Morgan fingerprint density at radius 2 is 2.43 bits per heavy atom. The average Bonchev–Trinajstić information content (AvgIpc) is 2.60. The van der Waals surface area contributed by atoms with Gasteiger partial charge in [0, 0.05) is 6.04 Å². The maximum absolute atomic E-state index is 4.05. The number of hydrogen-bond acceptors (Lipinski definition) is 2. The summed E-state index contributed by atoms with van der Waals surface area (Å²) in [4.78, 5) is 0. The minimum atomic E-state index is 0.433. The van der Waals surface area contributed by atoms with E-state index in [0.717, 1.165) is 12.8 Å². The minimum Gasteiger partial charge on any atom is -0.313 e. The summed E-state index contributed by atoms with van der Waals surface area (Å²) in [5.41, 5.74) is 2.70. The molecule has 0 aliphatic heterocycles. The number of rotatable bonds is 5. The van der Waals surface area contributed by atoms with Crippen molar-refractivity contribution in [3.05, 3.63) is 32.0 Å². The molecule has 0 bridgehead atoms. The Morgan fingerprint density at radius 1 is 1.71 bits per heavy atom. The van der Waals surface area contributed by atoms with Gasteiger partial charge in [0.1, 0.15) is 0 Å². The molecular formula is C11H16INS. The van der Waals surface area contributed by atoms with Crippen LogP contribution in [0.5, 0.6) is 0 Å². The van der Waals surface area contributed by atoms with Gasteiger partial charge in [0.25, 0.3) is 0 Å². The molecule has 0 amide bonds. The zero-order valence-electron chi connectivity index (χ0n) is 8.64. The van der Waals surface area contributed by atoms with Crippen molar-refractivity contribution in [2.75, 3.05) is 7.05 Å². The Kier molecular flexibility index (Phi) is 5.12. The molecular weight excluding hydrogens is 305 g/mol. The van der Waals surface area contributed by atoms with Crippen molar-refractivity contribution in [1.29, 1.82) is 0 Å². The molecule has 1 rings (SSSR count). The lowest BCUT2D eigenvalue weighted by molar-refractivity contribution is 0.584. The first kappa shape index (κ1) is 12.2. The van der Waals surface area contributed by atoms with Crippen LogP contribution in [0.15, 0.2) is 23.6 Å². The van der Waals surface area contributed by atoms with E-state index in [1.165, 1.54) is 14.0 Å². The van der Waals surface area contributed by atoms with Crippen LogP contribution in [0.2, 0.25) is 0 Å². The average molecular weight is 321 g/mol. The van der Waals surface area contributed by atoms with Crippen LogP contribution in [0.25, 0.3) is 0 Å². The molecule has 0 fully saturated rings. The van der Waals surface area contributed by atoms with Crippen LogP contribution in [0.3, 0.4) is 0 Å². The van der Waals surface area contributed by atoms with Crippen molar-refractivity contribution >= 4 is 33.9 Å². The molecule has 0 aliphatic rings. The van der Waals surface area contributed by atoms with Gasteiger partial charge in [-0.15, -0.1) is 11.3 Å². The van der Waals surface area contributed by atoms with Gasteiger partial charge in [0.15, 0.2) is 0 Å². The zero-order chi connectivity index (χ0) is 10.6. The van der Waals surface area contributed by atoms with Gasteiger partial charge in [-0.2, -0.15) is 0 Å². The first-order chi connectivity index (χ1) is 6.67. The van der Waals surface area contributed by atoms with E-state index in [4.69, 9.17) is 0 Å². The summed E-state index contributed by atoms with van der Waals surface area (Å²) in [6.45, 7) is 6.21. The fourth-order valence-electron chi connectivity index (χ4n) is 1.33. The van der Waals surface area contributed by atoms with Crippen molar-refractivity contribution in [3.63, 3.8) is 0 Å². The second-order valence-electron chi connectivity index (χ2n) is 3.33. The summed E-state index contributed by atoms with van der Waals surface area (Å²) < 4.78 is 1.35. The summed E-state index contributed by atoms with van der Waals surface area (Å²) in [6.07, 6.45) is 2.11. The third-order valence-corrected chi connectivity index (χ3v) is 4.14. The highest BCUT2D eigenvalue weighted by Crippen LogP contribution is 2.26. The normalized spacial score (nSPS) is 12.8. The predicted octanol–water partition coefficient (Wildman–Crippen LogP) is 3.97. The maximum Gasteiger partial charge on any atom is 0.0656 e. The molecule has 1 aromatic heterocycles. The van der Waals surface area contributed by atoms with Gasteiger partial charge in [-0.1, -0.05) is 19.1 Å². The van der Waals surface area contributed by atoms with Crippen LogP contribution < -0.4 is 5.32 Å². The molecule has 3 heteroatoms.